The van der Waals surface area contributed by atoms with E-state index in [2.05, 4.69) is 29.5 Å². The number of aliphatic hydroxyl groups excluding tert-OH is 1. The Kier molecular flexibility index (Phi) is 5.67. The molecule has 5 nitrogen and oxygen atoms in total. The molecule has 0 radical (unpaired) electrons. The summed E-state index contributed by atoms with van der Waals surface area (Å²) < 4.78 is 0. The first-order valence-electron chi connectivity index (χ1n) is 5.51. The van der Waals surface area contributed by atoms with Gasteiger partial charge in [-0.3, -0.25) is 9.79 Å². The van der Waals surface area contributed by atoms with E-state index in [0.717, 1.165) is 0 Å². The van der Waals surface area contributed by atoms with Crippen molar-refractivity contribution in [2.75, 3.05) is 6.54 Å². The summed E-state index contributed by atoms with van der Waals surface area (Å²) in [6.07, 6.45) is 6.65. The Morgan fingerprint density at radius 2 is 2.56 bits per heavy atom. The summed E-state index contributed by atoms with van der Waals surface area (Å²) in [6.45, 7) is 3.72. The SMILES string of the molecule is C=C(S)C=N/C=C\NC(=O)[C@H](CN)[C@@H]1CC=C1O. The molecule has 1 aliphatic carbocycles. The summed E-state index contributed by atoms with van der Waals surface area (Å²) in [5.41, 5.74) is 5.54. The highest BCUT2D eigenvalue weighted by Gasteiger charge is 2.33. The average Bonchev–Trinajstić information content (AvgIpc) is 2.32. The summed E-state index contributed by atoms with van der Waals surface area (Å²) in [7, 11) is 0. The molecule has 6 heteroatoms. The first-order chi connectivity index (χ1) is 8.56. The van der Waals surface area contributed by atoms with Crippen LogP contribution < -0.4 is 11.1 Å². The van der Waals surface area contributed by atoms with E-state index in [1.165, 1.54) is 18.6 Å². The third-order valence-corrected chi connectivity index (χ3v) is 2.76. The van der Waals surface area contributed by atoms with Gasteiger partial charge in [0.1, 0.15) is 0 Å². The maximum Gasteiger partial charge on any atom is 0.229 e. The summed E-state index contributed by atoms with van der Waals surface area (Å²) in [4.78, 5) is 16.1. The molecule has 0 heterocycles. The highest BCUT2D eigenvalue weighted by Crippen LogP contribution is 2.31. The zero-order valence-electron chi connectivity index (χ0n) is 9.91. The predicted molar refractivity (Wildman–Crippen MR) is 75.3 cm³/mol. The van der Waals surface area contributed by atoms with Crippen LogP contribution in [0.4, 0.5) is 0 Å². The molecule has 1 rings (SSSR count). The van der Waals surface area contributed by atoms with Crippen LogP contribution in [-0.4, -0.2) is 23.8 Å². The van der Waals surface area contributed by atoms with Crippen LogP contribution in [-0.2, 0) is 4.79 Å². The lowest BCUT2D eigenvalue weighted by Crippen LogP contribution is -2.40. The van der Waals surface area contributed by atoms with Gasteiger partial charge in [-0.05, 0) is 12.5 Å². The van der Waals surface area contributed by atoms with Crippen LogP contribution in [0, 0.1) is 11.8 Å². The molecule has 1 amide bonds. The van der Waals surface area contributed by atoms with Gasteiger partial charge in [0.05, 0.1) is 11.7 Å². The van der Waals surface area contributed by atoms with Gasteiger partial charge in [0, 0.05) is 36.0 Å². The molecule has 0 saturated carbocycles. The Morgan fingerprint density at radius 3 is 3.00 bits per heavy atom. The minimum Gasteiger partial charge on any atom is -0.512 e. The van der Waals surface area contributed by atoms with E-state index in [0.29, 0.717) is 11.3 Å². The molecule has 0 bridgehead atoms. The molecule has 2 atom stereocenters. The summed E-state index contributed by atoms with van der Waals surface area (Å²) >= 11 is 3.93. The van der Waals surface area contributed by atoms with Crippen LogP contribution in [0.1, 0.15) is 6.42 Å². The Bertz CT molecular complexity index is 416. The molecule has 4 N–H and O–H groups in total. The second kappa shape index (κ2) is 7.03. The van der Waals surface area contributed by atoms with E-state index in [1.54, 1.807) is 6.08 Å². The van der Waals surface area contributed by atoms with E-state index < -0.39 is 5.92 Å². The standard InChI is InChI=1S/C12H17N3O2S/c1-8(18)7-14-4-5-15-12(17)10(6-13)9-2-3-11(9)16/h3-5,7,9-10,16,18H,1-2,6,13H2,(H,15,17)/b5-4-,14-7?/t9-,10+/m0/s1. The fraction of sp³-hybridized carbons (Fsp3) is 0.333. The normalized spacial score (nSPS) is 20.6. The van der Waals surface area contributed by atoms with Gasteiger partial charge < -0.3 is 16.2 Å². The number of nitrogens with two attached hydrogens (primary N) is 1. The number of amides is 1. The minimum atomic E-state index is -0.413. The van der Waals surface area contributed by atoms with Crippen molar-refractivity contribution in [2.24, 2.45) is 22.6 Å². The van der Waals surface area contributed by atoms with E-state index in [9.17, 15) is 9.90 Å². The number of aliphatic hydroxyl groups is 1. The molecule has 1 aliphatic rings. The number of aliphatic imine (C=N–C) groups is 1. The Morgan fingerprint density at radius 1 is 1.83 bits per heavy atom. The third-order valence-electron chi connectivity index (χ3n) is 2.65. The fourth-order valence-electron chi connectivity index (χ4n) is 1.58. The molecule has 98 valence electrons. The number of thiol groups is 1. The van der Waals surface area contributed by atoms with E-state index in [1.807, 2.05) is 0 Å². The molecule has 0 aromatic carbocycles. The second-order valence-electron chi connectivity index (χ2n) is 3.91. The largest absolute Gasteiger partial charge is 0.512 e. The van der Waals surface area contributed by atoms with Crippen molar-refractivity contribution >= 4 is 24.8 Å². The lowest BCUT2D eigenvalue weighted by Gasteiger charge is -2.28. The average molecular weight is 267 g/mol. The number of nitrogens with zero attached hydrogens (tertiary/aromatic N) is 1. The molecule has 0 aromatic heterocycles. The van der Waals surface area contributed by atoms with Crippen LogP contribution in [0.25, 0.3) is 0 Å². The highest BCUT2D eigenvalue weighted by molar-refractivity contribution is 7.85. The van der Waals surface area contributed by atoms with Crippen molar-refractivity contribution in [3.8, 4) is 0 Å². The molecule has 18 heavy (non-hydrogen) atoms. The number of rotatable bonds is 6. The zero-order valence-corrected chi connectivity index (χ0v) is 10.8. The molecule has 0 fully saturated rings. The topological polar surface area (TPSA) is 87.7 Å². The van der Waals surface area contributed by atoms with Gasteiger partial charge in [0.25, 0.3) is 0 Å². The fourth-order valence-corrected chi connectivity index (χ4v) is 1.65. The Hall–Kier alpha value is -1.53. The van der Waals surface area contributed by atoms with E-state index in [4.69, 9.17) is 5.73 Å². The van der Waals surface area contributed by atoms with Crippen LogP contribution >= 0.6 is 12.6 Å². The molecule has 0 saturated heterocycles. The molecular weight excluding hydrogens is 250 g/mol. The van der Waals surface area contributed by atoms with Crippen molar-refractivity contribution in [1.29, 1.82) is 0 Å². The Labute approximate surface area is 112 Å². The Balaban J connectivity index is 2.44. The lowest BCUT2D eigenvalue weighted by molar-refractivity contribution is -0.125. The van der Waals surface area contributed by atoms with Gasteiger partial charge in [-0.1, -0.05) is 6.58 Å². The van der Waals surface area contributed by atoms with Crippen molar-refractivity contribution in [3.05, 3.63) is 35.7 Å². The van der Waals surface area contributed by atoms with Gasteiger partial charge in [-0.25, -0.2) is 0 Å². The summed E-state index contributed by atoms with van der Waals surface area (Å²) in [6, 6.07) is 0. The summed E-state index contributed by atoms with van der Waals surface area (Å²) in [5.74, 6) is -0.556. The zero-order chi connectivity index (χ0) is 13.5. The number of allylic oxidation sites excluding steroid dienone is 3. The van der Waals surface area contributed by atoms with Gasteiger partial charge in [0.2, 0.25) is 5.91 Å². The van der Waals surface area contributed by atoms with Crippen LogP contribution in [0.3, 0.4) is 0 Å². The monoisotopic (exact) mass is 267 g/mol. The lowest BCUT2D eigenvalue weighted by atomic mass is 9.80. The van der Waals surface area contributed by atoms with Crippen LogP contribution in [0.15, 0.2) is 40.7 Å². The number of hydrogen-bond donors (Lipinski definition) is 4. The van der Waals surface area contributed by atoms with Crippen molar-refractivity contribution in [2.45, 2.75) is 6.42 Å². The van der Waals surface area contributed by atoms with Crippen LogP contribution in [0.2, 0.25) is 0 Å². The highest BCUT2D eigenvalue weighted by atomic mass is 32.1. The first kappa shape index (κ1) is 14.5. The third kappa shape index (κ3) is 4.05. The molecule has 0 unspecified atom stereocenters. The smallest absolute Gasteiger partial charge is 0.229 e. The minimum absolute atomic E-state index is 0.163. The number of hydrogen-bond acceptors (Lipinski definition) is 5. The summed E-state index contributed by atoms with van der Waals surface area (Å²) in [5, 5.41) is 12.0. The van der Waals surface area contributed by atoms with Gasteiger partial charge in [-0.2, -0.15) is 0 Å². The van der Waals surface area contributed by atoms with Gasteiger partial charge in [0.15, 0.2) is 0 Å². The second-order valence-corrected chi connectivity index (χ2v) is 4.48. The van der Waals surface area contributed by atoms with Crippen molar-refractivity contribution < 1.29 is 9.90 Å². The number of carbonyl (C=O) groups excluding carboxylic acids is 1. The quantitative estimate of drug-likeness (QED) is 0.429. The number of nitrogens with one attached hydrogen (secondary N) is 1. The number of carbonyl (C=O) groups is 1. The van der Waals surface area contributed by atoms with Crippen LogP contribution in [0.5, 0.6) is 0 Å². The van der Waals surface area contributed by atoms with Crippen molar-refractivity contribution in [3.63, 3.8) is 0 Å². The van der Waals surface area contributed by atoms with E-state index >= 15 is 0 Å². The molecule has 0 aliphatic heterocycles. The van der Waals surface area contributed by atoms with Gasteiger partial charge >= 0.3 is 0 Å². The molecular formula is C12H17N3O2S. The predicted octanol–water partition coefficient (Wildman–Crippen LogP) is 1.12. The van der Waals surface area contributed by atoms with Crippen molar-refractivity contribution in [1.82, 2.24) is 5.32 Å². The maximum atomic E-state index is 11.8. The van der Waals surface area contributed by atoms with Gasteiger partial charge in [-0.15, -0.1) is 12.6 Å². The molecule has 0 aromatic rings. The maximum absolute atomic E-state index is 11.8. The molecule has 0 spiro atoms. The first-order valence-corrected chi connectivity index (χ1v) is 5.96. The van der Waals surface area contributed by atoms with E-state index in [-0.39, 0.29) is 24.1 Å².